The molecule has 7 heteroatoms. The number of likely N-dealkylation sites (tertiary alicyclic amines) is 1. The van der Waals surface area contributed by atoms with Crippen molar-refractivity contribution in [1.29, 1.82) is 0 Å². The minimum atomic E-state index is -1.23. The van der Waals surface area contributed by atoms with Crippen LogP contribution in [-0.4, -0.2) is 55.4 Å². The second kappa shape index (κ2) is 8.62. The van der Waals surface area contributed by atoms with Gasteiger partial charge in [-0.25, -0.2) is 0 Å². The molecule has 2 aliphatic heterocycles. The van der Waals surface area contributed by atoms with E-state index in [-0.39, 0.29) is 37.2 Å². The number of rotatable bonds is 5. The lowest BCUT2D eigenvalue weighted by Crippen LogP contribution is -2.62. The second-order valence-electron chi connectivity index (χ2n) is 8.53. The van der Waals surface area contributed by atoms with Gasteiger partial charge in [-0.2, -0.15) is 0 Å². The molecule has 7 nitrogen and oxygen atoms in total. The molecule has 1 fully saturated rings. The molecule has 1 saturated heterocycles. The van der Waals surface area contributed by atoms with Gasteiger partial charge in [0.2, 0.25) is 11.8 Å². The SMILES string of the molecule is C#CCN1C(=O)[C@]2(C)[C@H](c3ccccc31)[C@@H](C(=O)NC)CN2C(=O)Cc1ccc(OC)cc1. The molecular weight excluding hydrogens is 418 g/mol. The fourth-order valence-electron chi connectivity index (χ4n) is 5.24. The van der Waals surface area contributed by atoms with Crippen LogP contribution in [0.1, 0.15) is 24.0 Å². The molecule has 0 aromatic heterocycles. The van der Waals surface area contributed by atoms with Crippen molar-refractivity contribution in [2.75, 3.05) is 32.1 Å². The number of anilines is 1. The first-order valence-corrected chi connectivity index (χ1v) is 10.9. The topological polar surface area (TPSA) is 79.0 Å². The van der Waals surface area contributed by atoms with E-state index in [0.29, 0.717) is 11.4 Å². The summed E-state index contributed by atoms with van der Waals surface area (Å²) >= 11 is 0. The van der Waals surface area contributed by atoms with Gasteiger partial charge in [0.15, 0.2) is 0 Å². The molecule has 1 N–H and O–H groups in total. The van der Waals surface area contributed by atoms with Gasteiger partial charge in [0, 0.05) is 25.2 Å². The molecule has 2 heterocycles. The van der Waals surface area contributed by atoms with Crippen molar-refractivity contribution in [2.24, 2.45) is 5.92 Å². The third-order valence-electron chi connectivity index (χ3n) is 6.84. The molecule has 0 saturated carbocycles. The Morgan fingerprint density at radius 1 is 1.21 bits per heavy atom. The molecular formula is C26H27N3O4. The number of amides is 3. The maximum atomic E-state index is 13.9. The number of carbonyl (C=O) groups excluding carboxylic acids is 3. The van der Waals surface area contributed by atoms with Crippen molar-refractivity contribution in [1.82, 2.24) is 10.2 Å². The fraction of sp³-hybridized carbons (Fsp3) is 0.346. The Balaban J connectivity index is 1.78. The molecule has 2 aromatic rings. The maximum Gasteiger partial charge on any atom is 0.254 e. The minimum Gasteiger partial charge on any atom is -0.497 e. The van der Waals surface area contributed by atoms with Crippen LogP contribution < -0.4 is 15.0 Å². The van der Waals surface area contributed by atoms with Crippen LogP contribution in [0.2, 0.25) is 0 Å². The molecule has 4 rings (SSSR count). The summed E-state index contributed by atoms with van der Waals surface area (Å²) in [4.78, 5) is 43.5. The van der Waals surface area contributed by atoms with Gasteiger partial charge in [0.1, 0.15) is 11.3 Å². The summed E-state index contributed by atoms with van der Waals surface area (Å²) < 4.78 is 5.19. The van der Waals surface area contributed by atoms with E-state index in [1.54, 1.807) is 43.0 Å². The van der Waals surface area contributed by atoms with Gasteiger partial charge < -0.3 is 15.0 Å². The lowest BCUT2D eigenvalue weighted by molar-refractivity contribution is -0.143. The first-order valence-electron chi connectivity index (χ1n) is 10.9. The number of methoxy groups -OCH3 is 1. The predicted octanol–water partition coefficient (Wildman–Crippen LogP) is 1.96. The van der Waals surface area contributed by atoms with Gasteiger partial charge in [-0.05, 0) is 36.2 Å². The van der Waals surface area contributed by atoms with Gasteiger partial charge in [-0.1, -0.05) is 36.3 Å². The van der Waals surface area contributed by atoms with E-state index in [4.69, 9.17) is 11.2 Å². The largest absolute Gasteiger partial charge is 0.497 e. The number of hydrogen-bond donors (Lipinski definition) is 1. The van der Waals surface area contributed by atoms with E-state index in [0.717, 1.165) is 11.1 Å². The predicted molar refractivity (Wildman–Crippen MR) is 125 cm³/mol. The van der Waals surface area contributed by atoms with E-state index in [9.17, 15) is 14.4 Å². The minimum absolute atomic E-state index is 0.0866. The molecule has 170 valence electrons. The Morgan fingerprint density at radius 3 is 2.55 bits per heavy atom. The molecule has 3 amide bonds. The highest BCUT2D eigenvalue weighted by atomic mass is 16.5. The Kier molecular flexibility index (Phi) is 5.86. The number of fused-ring (bicyclic) bond motifs is 3. The summed E-state index contributed by atoms with van der Waals surface area (Å²) in [6.45, 7) is 2.00. The summed E-state index contributed by atoms with van der Waals surface area (Å²) in [6.07, 6.45) is 5.69. The second-order valence-corrected chi connectivity index (χ2v) is 8.53. The molecule has 0 spiro atoms. The summed E-state index contributed by atoms with van der Waals surface area (Å²) in [5.41, 5.74) is 1.12. The van der Waals surface area contributed by atoms with Crippen LogP contribution in [0, 0.1) is 18.3 Å². The summed E-state index contributed by atoms with van der Waals surface area (Å²) in [5, 5.41) is 2.71. The molecule has 0 radical (unpaired) electrons. The smallest absolute Gasteiger partial charge is 0.254 e. The van der Waals surface area contributed by atoms with E-state index >= 15 is 0 Å². The third kappa shape index (κ3) is 3.52. The van der Waals surface area contributed by atoms with Crippen LogP contribution in [0.25, 0.3) is 0 Å². The zero-order valence-electron chi connectivity index (χ0n) is 19.0. The Labute approximate surface area is 193 Å². The standard InChI is InChI=1S/C26H27N3O4/c1-5-14-28-21-9-7-6-8-19(21)23-20(24(31)27-3)16-29(26(23,2)25(28)32)22(30)15-17-10-12-18(33-4)13-11-17/h1,6-13,20,23H,14-16H2,2-4H3,(H,27,31)/t20-,23+,26-/m0/s1. The van der Waals surface area contributed by atoms with Gasteiger partial charge in [0.05, 0.1) is 26.0 Å². The van der Waals surface area contributed by atoms with Gasteiger partial charge in [0.25, 0.3) is 5.91 Å². The molecule has 0 bridgehead atoms. The Bertz CT molecular complexity index is 1140. The number of terminal acetylenes is 1. The van der Waals surface area contributed by atoms with Crippen LogP contribution in [-0.2, 0) is 20.8 Å². The average Bonchev–Trinajstić information content (AvgIpc) is 3.16. The fourth-order valence-corrected chi connectivity index (χ4v) is 5.24. The van der Waals surface area contributed by atoms with Gasteiger partial charge in [-0.15, -0.1) is 6.42 Å². The maximum absolute atomic E-state index is 13.9. The highest BCUT2D eigenvalue weighted by Crippen LogP contribution is 2.53. The monoisotopic (exact) mass is 445 g/mol. The van der Waals surface area contributed by atoms with Crippen molar-refractivity contribution in [2.45, 2.75) is 24.8 Å². The highest BCUT2D eigenvalue weighted by Gasteiger charge is 2.63. The zero-order chi connectivity index (χ0) is 23.8. The number of nitrogens with one attached hydrogen (secondary N) is 1. The first kappa shape index (κ1) is 22.4. The Morgan fingerprint density at radius 2 is 1.91 bits per heavy atom. The van der Waals surface area contributed by atoms with Crippen LogP contribution in [0.4, 0.5) is 5.69 Å². The quantitative estimate of drug-likeness (QED) is 0.714. The number of nitrogens with zero attached hydrogens (tertiary/aromatic N) is 2. The van der Waals surface area contributed by atoms with Gasteiger partial charge >= 0.3 is 0 Å². The zero-order valence-corrected chi connectivity index (χ0v) is 19.0. The van der Waals surface area contributed by atoms with Crippen molar-refractivity contribution in [3.05, 3.63) is 59.7 Å². The number of carbonyl (C=O) groups is 3. The molecule has 2 aliphatic rings. The summed E-state index contributed by atoms with van der Waals surface area (Å²) in [5.74, 6) is 1.54. The van der Waals surface area contributed by atoms with Crippen molar-refractivity contribution in [3.8, 4) is 18.1 Å². The molecule has 3 atom stereocenters. The van der Waals surface area contributed by atoms with E-state index < -0.39 is 17.4 Å². The average molecular weight is 446 g/mol. The summed E-state index contributed by atoms with van der Waals surface area (Å²) in [6, 6.07) is 14.7. The first-order chi connectivity index (χ1) is 15.9. The van der Waals surface area contributed by atoms with Crippen LogP contribution >= 0.6 is 0 Å². The van der Waals surface area contributed by atoms with Crippen molar-refractivity contribution < 1.29 is 19.1 Å². The van der Waals surface area contributed by atoms with E-state index in [1.165, 1.54) is 0 Å². The van der Waals surface area contributed by atoms with E-state index in [1.807, 2.05) is 36.4 Å². The molecule has 0 unspecified atom stereocenters. The van der Waals surface area contributed by atoms with E-state index in [2.05, 4.69) is 11.2 Å². The molecule has 2 aromatic carbocycles. The van der Waals surface area contributed by atoms with Crippen molar-refractivity contribution in [3.63, 3.8) is 0 Å². The number of ether oxygens (including phenoxy) is 1. The van der Waals surface area contributed by atoms with Gasteiger partial charge in [-0.3, -0.25) is 19.3 Å². The van der Waals surface area contributed by atoms with Crippen LogP contribution in [0.15, 0.2) is 48.5 Å². The molecule has 33 heavy (non-hydrogen) atoms. The lowest BCUT2D eigenvalue weighted by Gasteiger charge is -2.46. The number of para-hydroxylation sites is 1. The normalized spacial score (nSPS) is 23.4. The van der Waals surface area contributed by atoms with Crippen LogP contribution in [0.5, 0.6) is 5.75 Å². The number of hydrogen-bond acceptors (Lipinski definition) is 4. The highest BCUT2D eigenvalue weighted by molar-refractivity contribution is 6.08. The third-order valence-corrected chi connectivity index (χ3v) is 6.84. The molecule has 0 aliphatic carbocycles. The van der Waals surface area contributed by atoms with Crippen molar-refractivity contribution >= 4 is 23.4 Å². The Hall–Kier alpha value is -3.79. The lowest BCUT2D eigenvalue weighted by atomic mass is 9.71. The summed E-state index contributed by atoms with van der Waals surface area (Å²) in [7, 11) is 3.15. The number of benzene rings is 2. The van der Waals surface area contributed by atoms with Crippen LogP contribution in [0.3, 0.4) is 0 Å².